The number of benzene rings is 3. The topological polar surface area (TPSA) is 51.5 Å². The molecule has 2 amide bonds. The van der Waals surface area contributed by atoms with Gasteiger partial charge in [0.05, 0.1) is 18.0 Å². The maximum absolute atomic E-state index is 14.4. The Hall–Kier alpha value is -3.84. The highest BCUT2D eigenvalue weighted by molar-refractivity contribution is 8.18. The first kappa shape index (κ1) is 23.9. The Balaban J connectivity index is 1.40. The van der Waals surface area contributed by atoms with Crippen LogP contribution in [0.1, 0.15) is 22.4 Å². The number of rotatable bonds is 7. The third kappa shape index (κ3) is 4.66. The molecule has 1 fully saturated rings. The van der Waals surface area contributed by atoms with E-state index >= 15 is 0 Å². The van der Waals surface area contributed by atoms with Crippen LogP contribution in [0.2, 0.25) is 0 Å². The summed E-state index contributed by atoms with van der Waals surface area (Å²) in [6.45, 7) is 4.68. The summed E-state index contributed by atoms with van der Waals surface area (Å²) in [6.07, 6.45) is 1.78. The molecule has 0 aliphatic carbocycles. The smallest absolute Gasteiger partial charge is 0.293 e. The van der Waals surface area contributed by atoms with E-state index < -0.39 is 0 Å². The van der Waals surface area contributed by atoms with E-state index in [1.54, 1.807) is 18.2 Å². The first-order chi connectivity index (χ1) is 17.4. The first-order valence-electron chi connectivity index (χ1n) is 11.7. The number of nitrogens with zero attached hydrogens (tertiary/aromatic N) is 2. The zero-order chi connectivity index (χ0) is 25.2. The molecule has 1 aromatic heterocycles. The second-order valence-corrected chi connectivity index (χ2v) is 9.69. The maximum atomic E-state index is 14.4. The van der Waals surface area contributed by atoms with Crippen LogP contribution in [0.3, 0.4) is 0 Å². The van der Waals surface area contributed by atoms with Crippen molar-refractivity contribution in [3.8, 4) is 5.75 Å². The van der Waals surface area contributed by atoms with Crippen LogP contribution in [-0.4, -0.2) is 33.8 Å². The number of carbonyl (C=O) groups is 2. The van der Waals surface area contributed by atoms with E-state index in [4.69, 9.17) is 4.74 Å². The molecule has 5 rings (SSSR count). The van der Waals surface area contributed by atoms with Gasteiger partial charge in [0, 0.05) is 27.7 Å². The van der Waals surface area contributed by atoms with Crippen LogP contribution in [0.15, 0.2) is 77.7 Å². The summed E-state index contributed by atoms with van der Waals surface area (Å²) in [5, 5.41) is 0.632. The van der Waals surface area contributed by atoms with Gasteiger partial charge in [-0.15, -0.1) is 0 Å². The highest BCUT2D eigenvalue weighted by atomic mass is 32.2. The Morgan fingerprint density at radius 2 is 1.75 bits per heavy atom. The number of amides is 2. The molecule has 1 aliphatic heterocycles. The standard InChI is InChI=1S/C29H25FN2O3S/c1-19-8-7-10-22(16-19)35-15-14-31-28(33)27(36-29(31)34)17-24-20(2)32(26-13-6-4-11-23(24)26)18-21-9-3-5-12-25(21)30/h3-13,16-17H,14-15,18H2,1-2H3/b27-17-. The minimum atomic E-state index is -0.330. The number of hydrogen-bond acceptors (Lipinski definition) is 4. The van der Waals surface area contributed by atoms with Gasteiger partial charge in [0.2, 0.25) is 0 Å². The van der Waals surface area contributed by atoms with Gasteiger partial charge in [0.1, 0.15) is 18.2 Å². The van der Waals surface area contributed by atoms with Gasteiger partial charge in [-0.05, 0) is 61.5 Å². The van der Waals surface area contributed by atoms with E-state index in [9.17, 15) is 14.0 Å². The van der Waals surface area contributed by atoms with E-state index in [1.165, 1.54) is 11.0 Å². The molecule has 36 heavy (non-hydrogen) atoms. The summed E-state index contributed by atoms with van der Waals surface area (Å²) >= 11 is 0.932. The quantitative estimate of drug-likeness (QED) is 0.270. The third-order valence-corrected chi connectivity index (χ3v) is 7.20. The first-order valence-corrected chi connectivity index (χ1v) is 12.5. The molecular weight excluding hydrogens is 475 g/mol. The third-order valence-electron chi connectivity index (χ3n) is 6.29. The van der Waals surface area contributed by atoms with Gasteiger partial charge in [-0.2, -0.15) is 0 Å². The lowest BCUT2D eigenvalue weighted by Gasteiger charge is -2.13. The van der Waals surface area contributed by atoms with Crippen molar-refractivity contribution in [3.63, 3.8) is 0 Å². The minimum absolute atomic E-state index is 0.171. The van der Waals surface area contributed by atoms with Crippen molar-refractivity contribution in [1.82, 2.24) is 9.47 Å². The molecule has 0 radical (unpaired) electrons. The van der Waals surface area contributed by atoms with Crippen molar-refractivity contribution in [2.24, 2.45) is 0 Å². The Morgan fingerprint density at radius 1 is 0.972 bits per heavy atom. The van der Waals surface area contributed by atoms with Gasteiger partial charge in [-0.3, -0.25) is 14.5 Å². The molecule has 3 aromatic carbocycles. The fourth-order valence-electron chi connectivity index (χ4n) is 4.42. The molecule has 182 valence electrons. The largest absolute Gasteiger partial charge is 0.492 e. The molecule has 2 heterocycles. The van der Waals surface area contributed by atoms with Gasteiger partial charge >= 0.3 is 0 Å². The SMILES string of the molecule is Cc1cccc(OCCN2C(=O)S/C(=C\c3c(C)n(Cc4ccccc4F)c4ccccc34)C2=O)c1. The number of carbonyl (C=O) groups excluding carboxylic acids is 2. The van der Waals surface area contributed by atoms with Crippen LogP contribution in [-0.2, 0) is 11.3 Å². The van der Waals surface area contributed by atoms with Crippen molar-refractivity contribution < 1.29 is 18.7 Å². The Labute approximate surface area is 213 Å². The van der Waals surface area contributed by atoms with E-state index in [-0.39, 0.29) is 30.1 Å². The number of para-hydroxylation sites is 1. The number of imide groups is 1. The lowest BCUT2D eigenvalue weighted by molar-refractivity contribution is -0.123. The predicted molar refractivity (Wildman–Crippen MR) is 142 cm³/mol. The number of thioether (sulfide) groups is 1. The molecule has 0 N–H and O–H groups in total. The average Bonchev–Trinajstić information content (AvgIpc) is 3.28. The summed E-state index contributed by atoms with van der Waals surface area (Å²) < 4.78 is 22.2. The summed E-state index contributed by atoms with van der Waals surface area (Å²) in [4.78, 5) is 27.3. The van der Waals surface area contributed by atoms with E-state index in [1.807, 2.05) is 73.0 Å². The molecule has 7 heteroatoms. The summed E-state index contributed by atoms with van der Waals surface area (Å²) in [5.74, 6) is 0.115. The highest BCUT2D eigenvalue weighted by Crippen LogP contribution is 2.36. The summed E-state index contributed by atoms with van der Waals surface area (Å²) in [6, 6.07) is 22.2. The fraction of sp³-hybridized carbons (Fsp3) is 0.172. The molecule has 0 atom stereocenters. The van der Waals surface area contributed by atoms with Crippen LogP contribution in [0, 0.1) is 19.7 Å². The molecular formula is C29H25FN2O3S. The number of fused-ring (bicyclic) bond motifs is 1. The fourth-order valence-corrected chi connectivity index (χ4v) is 5.27. The molecule has 1 saturated heterocycles. The van der Waals surface area contributed by atoms with Crippen molar-refractivity contribution in [3.05, 3.63) is 106 Å². The zero-order valence-corrected chi connectivity index (χ0v) is 20.8. The number of hydrogen-bond donors (Lipinski definition) is 0. The second-order valence-electron chi connectivity index (χ2n) is 8.69. The predicted octanol–water partition coefficient (Wildman–Crippen LogP) is 6.56. The van der Waals surface area contributed by atoms with Crippen LogP contribution < -0.4 is 4.74 Å². The molecule has 4 aromatic rings. The molecule has 0 bridgehead atoms. The van der Waals surface area contributed by atoms with Crippen LogP contribution in [0.5, 0.6) is 5.75 Å². The van der Waals surface area contributed by atoms with Crippen LogP contribution in [0.25, 0.3) is 17.0 Å². The van der Waals surface area contributed by atoms with Gasteiger partial charge in [0.25, 0.3) is 11.1 Å². The van der Waals surface area contributed by atoms with Crippen molar-refractivity contribution in [2.45, 2.75) is 20.4 Å². The molecule has 0 saturated carbocycles. The monoisotopic (exact) mass is 500 g/mol. The summed E-state index contributed by atoms with van der Waals surface area (Å²) in [5.41, 5.74) is 4.35. The number of ether oxygens (including phenoxy) is 1. The van der Waals surface area contributed by atoms with Crippen LogP contribution in [0.4, 0.5) is 9.18 Å². The minimum Gasteiger partial charge on any atom is -0.492 e. The summed E-state index contributed by atoms with van der Waals surface area (Å²) in [7, 11) is 0. The maximum Gasteiger partial charge on any atom is 0.293 e. The van der Waals surface area contributed by atoms with Gasteiger partial charge < -0.3 is 9.30 Å². The normalized spacial score (nSPS) is 14.9. The molecule has 0 unspecified atom stereocenters. The Kier molecular flexibility index (Phi) is 6.65. The van der Waals surface area contributed by atoms with Crippen LogP contribution >= 0.6 is 11.8 Å². The molecule has 0 spiro atoms. The van der Waals surface area contributed by atoms with Gasteiger partial charge in [0.15, 0.2) is 0 Å². The molecule has 5 nitrogen and oxygen atoms in total. The van der Waals surface area contributed by atoms with E-state index in [0.29, 0.717) is 22.8 Å². The van der Waals surface area contributed by atoms with Crippen molar-refractivity contribution in [1.29, 1.82) is 0 Å². The number of aryl methyl sites for hydroxylation is 1. The van der Waals surface area contributed by atoms with Gasteiger partial charge in [-0.1, -0.05) is 48.5 Å². The number of aromatic nitrogens is 1. The Bertz CT molecular complexity index is 1510. The lowest BCUT2D eigenvalue weighted by Crippen LogP contribution is -2.32. The molecule has 1 aliphatic rings. The Morgan fingerprint density at radius 3 is 2.56 bits per heavy atom. The average molecular weight is 501 g/mol. The van der Waals surface area contributed by atoms with Crippen molar-refractivity contribution >= 4 is 39.9 Å². The van der Waals surface area contributed by atoms with Crippen molar-refractivity contribution in [2.75, 3.05) is 13.2 Å². The van der Waals surface area contributed by atoms with Gasteiger partial charge in [-0.25, -0.2) is 4.39 Å². The zero-order valence-electron chi connectivity index (χ0n) is 20.0. The van der Waals surface area contributed by atoms with E-state index in [2.05, 4.69) is 0 Å². The number of halogens is 1. The highest BCUT2D eigenvalue weighted by Gasteiger charge is 2.35. The van der Waals surface area contributed by atoms with E-state index in [0.717, 1.165) is 39.5 Å². The second kappa shape index (κ2) is 10.0. The lowest BCUT2D eigenvalue weighted by atomic mass is 10.1.